The summed E-state index contributed by atoms with van der Waals surface area (Å²) >= 11 is 3.47. The molecule has 0 bridgehead atoms. The highest BCUT2D eigenvalue weighted by Crippen LogP contribution is 2.26. The van der Waals surface area contributed by atoms with Crippen molar-refractivity contribution in [3.8, 4) is 0 Å². The van der Waals surface area contributed by atoms with Gasteiger partial charge in [-0.1, -0.05) is 18.2 Å². The number of halogens is 1. The Morgan fingerprint density at radius 3 is 2.94 bits per heavy atom. The standard InChI is InChI=1S/C11H11BrN2O2/c1-2-14-11(12)8-5-3-4-7(6-9(15)16)10(8)13-14/h3-5H,2,6H2,1H3,(H,15,16). The van der Waals surface area contributed by atoms with Crippen molar-refractivity contribution in [1.29, 1.82) is 0 Å². The Hall–Kier alpha value is -1.36. The number of carbonyl (C=O) groups is 1. The average molecular weight is 283 g/mol. The molecular weight excluding hydrogens is 272 g/mol. The Balaban J connectivity index is 2.63. The molecule has 1 aromatic carbocycles. The third-order valence-electron chi connectivity index (χ3n) is 2.43. The molecule has 1 N–H and O–H groups in total. The van der Waals surface area contributed by atoms with Gasteiger partial charge in [-0.25, -0.2) is 0 Å². The first-order chi connectivity index (χ1) is 7.63. The molecule has 0 saturated carbocycles. The van der Waals surface area contributed by atoms with Gasteiger partial charge in [0.2, 0.25) is 0 Å². The van der Waals surface area contributed by atoms with Crippen molar-refractivity contribution in [1.82, 2.24) is 9.78 Å². The highest BCUT2D eigenvalue weighted by molar-refractivity contribution is 9.10. The van der Waals surface area contributed by atoms with Crippen molar-refractivity contribution in [2.45, 2.75) is 19.9 Å². The minimum absolute atomic E-state index is 0.00447. The Morgan fingerprint density at radius 1 is 1.56 bits per heavy atom. The van der Waals surface area contributed by atoms with Crippen LogP contribution in [-0.4, -0.2) is 20.9 Å². The van der Waals surface area contributed by atoms with Crippen molar-refractivity contribution in [3.63, 3.8) is 0 Å². The number of aryl methyl sites for hydroxylation is 1. The summed E-state index contributed by atoms with van der Waals surface area (Å²) in [6.45, 7) is 2.75. The van der Waals surface area contributed by atoms with E-state index in [9.17, 15) is 4.79 Å². The first-order valence-corrected chi connectivity index (χ1v) is 5.78. The van der Waals surface area contributed by atoms with Crippen LogP contribution in [0.1, 0.15) is 12.5 Å². The van der Waals surface area contributed by atoms with Crippen molar-refractivity contribution in [2.75, 3.05) is 0 Å². The summed E-state index contributed by atoms with van der Waals surface area (Å²) in [5, 5.41) is 14.2. The van der Waals surface area contributed by atoms with Crippen LogP contribution in [0.15, 0.2) is 22.8 Å². The number of aliphatic carboxylic acids is 1. The molecule has 1 heterocycles. The summed E-state index contributed by atoms with van der Waals surface area (Å²) in [5.41, 5.74) is 1.51. The predicted molar refractivity (Wildman–Crippen MR) is 64.4 cm³/mol. The van der Waals surface area contributed by atoms with Gasteiger partial charge in [0.05, 0.1) is 11.9 Å². The molecule has 0 aliphatic heterocycles. The van der Waals surface area contributed by atoms with Crippen LogP contribution in [0.25, 0.3) is 10.9 Å². The first-order valence-electron chi connectivity index (χ1n) is 4.99. The minimum atomic E-state index is -0.838. The summed E-state index contributed by atoms with van der Waals surface area (Å²) < 4.78 is 2.72. The lowest BCUT2D eigenvalue weighted by Crippen LogP contribution is -2.01. The number of nitrogens with zero attached hydrogens (tertiary/aromatic N) is 2. The van der Waals surface area contributed by atoms with Crippen LogP contribution in [0.2, 0.25) is 0 Å². The van der Waals surface area contributed by atoms with Crippen LogP contribution >= 0.6 is 15.9 Å². The van der Waals surface area contributed by atoms with Crippen LogP contribution < -0.4 is 0 Å². The number of carboxylic acids is 1. The third kappa shape index (κ3) is 1.82. The lowest BCUT2D eigenvalue weighted by atomic mass is 10.1. The lowest BCUT2D eigenvalue weighted by Gasteiger charge is -1.97. The molecule has 0 atom stereocenters. The molecule has 0 spiro atoms. The van der Waals surface area contributed by atoms with Crippen LogP contribution in [0.5, 0.6) is 0 Å². The average Bonchev–Trinajstić information content (AvgIpc) is 2.56. The van der Waals surface area contributed by atoms with E-state index < -0.39 is 5.97 Å². The number of aromatic nitrogens is 2. The van der Waals surface area contributed by atoms with E-state index in [0.717, 1.165) is 27.6 Å². The highest BCUT2D eigenvalue weighted by atomic mass is 79.9. The van der Waals surface area contributed by atoms with Crippen molar-refractivity contribution >= 4 is 32.8 Å². The Morgan fingerprint density at radius 2 is 2.31 bits per heavy atom. The predicted octanol–water partition coefficient (Wildman–Crippen LogP) is 2.45. The summed E-state index contributed by atoms with van der Waals surface area (Å²) in [4.78, 5) is 10.7. The molecule has 0 fully saturated rings. The molecule has 0 unspecified atom stereocenters. The lowest BCUT2D eigenvalue weighted by molar-refractivity contribution is -0.136. The van der Waals surface area contributed by atoms with E-state index in [1.54, 1.807) is 6.07 Å². The number of hydrogen-bond acceptors (Lipinski definition) is 2. The van der Waals surface area contributed by atoms with Gasteiger partial charge in [-0.15, -0.1) is 0 Å². The maximum Gasteiger partial charge on any atom is 0.307 e. The number of fused-ring (bicyclic) bond motifs is 1. The van der Waals surface area contributed by atoms with E-state index in [1.807, 2.05) is 23.7 Å². The molecule has 0 aliphatic carbocycles. The largest absolute Gasteiger partial charge is 0.481 e. The molecule has 16 heavy (non-hydrogen) atoms. The van der Waals surface area contributed by atoms with Crippen LogP contribution in [0, 0.1) is 0 Å². The van der Waals surface area contributed by atoms with E-state index in [1.165, 1.54) is 0 Å². The monoisotopic (exact) mass is 282 g/mol. The number of carboxylic acid groups (broad SMARTS) is 1. The van der Waals surface area contributed by atoms with Gasteiger partial charge in [0.15, 0.2) is 0 Å². The Bertz CT molecular complexity index is 548. The van der Waals surface area contributed by atoms with Crippen molar-refractivity contribution in [2.24, 2.45) is 0 Å². The van der Waals surface area contributed by atoms with E-state index >= 15 is 0 Å². The van der Waals surface area contributed by atoms with Gasteiger partial charge in [0.25, 0.3) is 0 Å². The van der Waals surface area contributed by atoms with Crippen LogP contribution in [0.4, 0.5) is 0 Å². The molecular formula is C11H11BrN2O2. The first kappa shape index (κ1) is 11.1. The molecule has 84 valence electrons. The van der Waals surface area contributed by atoms with E-state index in [0.29, 0.717) is 0 Å². The quantitative estimate of drug-likeness (QED) is 0.941. The fourth-order valence-electron chi connectivity index (χ4n) is 1.69. The second kappa shape index (κ2) is 4.25. The topological polar surface area (TPSA) is 55.1 Å². The van der Waals surface area contributed by atoms with E-state index in [-0.39, 0.29) is 6.42 Å². The number of hydrogen-bond donors (Lipinski definition) is 1. The molecule has 2 rings (SSSR count). The highest BCUT2D eigenvalue weighted by Gasteiger charge is 2.12. The van der Waals surface area contributed by atoms with Gasteiger partial charge >= 0.3 is 5.97 Å². The molecule has 1 aromatic heterocycles. The van der Waals surface area contributed by atoms with Crippen molar-refractivity contribution < 1.29 is 9.90 Å². The number of benzene rings is 1. The van der Waals surface area contributed by atoms with E-state index in [4.69, 9.17) is 5.11 Å². The maximum absolute atomic E-state index is 10.7. The van der Waals surface area contributed by atoms with Gasteiger partial charge in [-0.05, 0) is 28.4 Å². The Kier molecular flexibility index (Phi) is 2.96. The second-order valence-electron chi connectivity index (χ2n) is 3.49. The molecule has 4 nitrogen and oxygen atoms in total. The summed E-state index contributed by atoms with van der Waals surface area (Å²) in [7, 11) is 0. The third-order valence-corrected chi connectivity index (χ3v) is 3.27. The molecule has 2 aromatic rings. The van der Waals surface area contributed by atoms with E-state index in [2.05, 4.69) is 21.0 Å². The fraction of sp³-hybridized carbons (Fsp3) is 0.273. The molecule has 0 radical (unpaired) electrons. The normalized spacial score (nSPS) is 10.9. The smallest absolute Gasteiger partial charge is 0.307 e. The summed E-state index contributed by atoms with van der Waals surface area (Å²) in [6, 6.07) is 5.59. The zero-order valence-electron chi connectivity index (χ0n) is 8.77. The maximum atomic E-state index is 10.7. The van der Waals surface area contributed by atoms with Crippen LogP contribution in [-0.2, 0) is 17.8 Å². The van der Waals surface area contributed by atoms with Crippen molar-refractivity contribution in [3.05, 3.63) is 28.4 Å². The SMILES string of the molecule is CCn1nc2c(CC(=O)O)cccc2c1Br. The summed E-state index contributed by atoms with van der Waals surface area (Å²) in [6.07, 6.45) is 0.00447. The van der Waals surface area contributed by atoms with Gasteiger partial charge in [-0.2, -0.15) is 5.10 Å². The van der Waals surface area contributed by atoms with Gasteiger partial charge in [0, 0.05) is 11.9 Å². The second-order valence-corrected chi connectivity index (χ2v) is 4.24. The molecule has 5 heteroatoms. The summed E-state index contributed by atoms with van der Waals surface area (Å²) in [5.74, 6) is -0.838. The molecule has 0 amide bonds. The number of rotatable bonds is 3. The van der Waals surface area contributed by atoms with Crippen LogP contribution in [0.3, 0.4) is 0 Å². The molecule has 0 saturated heterocycles. The van der Waals surface area contributed by atoms with Gasteiger partial charge < -0.3 is 5.11 Å². The minimum Gasteiger partial charge on any atom is -0.481 e. The van der Waals surface area contributed by atoms with Gasteiger partial charge in [0.1, 0.15) is 4.60 Å². The zero-order valence-corrected chi connectivity index (χ0v) is 10.4. The Labute approximate surface area is 101 Å². The fourth-order valence-corrected chi connectivity index (χ4v) is 2.34. The zero-order chi connectivity index (χ0) is 11.7. The van der Waals surface area contributed by atoms with Gasteiger partial charge in [-0.3, -0.25) is 9.48 Å². The molecule has 0 aliphatic rings.